The highest BCUT2D eigenvalue weighted by molar-refractivity contribution is 5.87. The lowest BCUT2D eigenvalue weighted by molar-refractivity contribution is -0.125. The van der Waals surface area contributed by atoms with Crippen LogP contribution in [0.15, 0.2) is 24.3 Å². The van der Waals surface area contributed by atoms with Gasteiger partial charge in [0.25, 0.3) is 0 Å². The van der Waals surface area contributed by atoms with E-state index in [1.807, 2.05) is 32.9 Å². The van der Waals surface area contributed by atoms with Crippen molar-refractivity contribution in [3.63, 3.8) is 0 Å². The predicted octanol–water partition coefficient (Wildman–Crippen LogP) is 1.99. The van der Waals surface area contributed by atoms with Crippen LogP contribution in [0.5, 0.6) is 0 Å². The maximum atomic E-state index is 11.3. The Morgan fingerprint density at radius 3 is 2.25 bits per heavy atom. The van der Waals surface area contributed by atoms with Gasteiger partial charge in [-0.15, -0.1) is 0 Å². The lowest BCUT2D eigenvalue weighted by atomic mass is 10.4. The normalized spacial score (nSPS) is 11.2. The summed E-state index contributed by atoms with van der Waals surface area (Å²) in [5.41, 5.74) is 0. The van der Waals surface area contributed by atoms with Crippen molar-refractivity contribution in [1.29, 1.82) is 0 Å². The van der Waals surface area contributed by atoms with Crippen molar-refractivity contribution in [1.82, 2.24) is 4.90 Å². The average Bonchev–Trinajstić information content (AvgIpc) is 2.07. The minimum atomic E-state index is 0.0816. The molecule has 0 aliphatic carbocycles. The van der Waals surface area contributed by atoms with Crippen LogP contribution in [0.2, 0.25) is 0 Å². The number of amides is 1. The molecule has 0 fully saturated rings. The number of carbonyl (C=O) groups excluding carboxylic acids is 1. The maximum absolute atomic E-state index is 11.3. The summed E-state index contributed by atoms with van der Waals surface area (Å²) in [6.45, 7) is 7.42. The molecule has 12 heavy (non-hydrogen) atoms. The highest BCUT2D eigenvalue weighted by Gasteiger charge is 2.02. The molecule has 0 radical (unpaired) electrons. The van der Waals surface area contributed by atoms with Gasteiger partial charge < -0.3 is 4.90 Å². The third-order valence-corrected chi connectivity index (χ3v) is 1.62. The summed E-state index contributed by atoms with van der Waals surface area (Å²) in [5, 5.41) is 0. The van der Waals surface area contributed by atoms with Crippen LogP contribution < -0.4 is 0 Å². The van der Waals surface area contributed by atoms with Crippen LogP contribution >= 0.6 is 0 Å². The van der Waals surface area contributed by atoms with E-state index in [4.69, 9.17) is 0 Å². The van der Waals surface area contributed by atoms with E-state index in [2.05, 4.69) is 0 Å². The van der Waals surface area contributed by atoms with Crippen molar-refractivity contribution in [3.8, 4) is 0 Å². The molecule has 0 aromatic carbocycles. The minimum absolute atomic E-state index is 0.0816. The topological polar surface area (TPSA) is 20.3 Å². The van der Waals surface area contributed by atoms with Crippen LogP contribution in [0.3, 0.4) is 0 Å². The first-order valence-corrected chi connectivity index (χ1v) is 4.34. The molecule has 0 aromatic rings. The lowest BCUT2D eigenvalue weighted by Gasteiger charge is -2.15. The number of likely N-dealkylation sites (N-methyl/N-ethyl adjacent to an activating group) is 1. The van der Waals surface area contributed by atoms with Gasteiger partial charge in [-0.1, -0.05) is 18.2 Å². The number of hydrogen-bond acceptors (Lipinski definition) is 1. The zero-order chi connectivity index (χ0) is 9.40. The van der Waals surface area contributed by atoms with Crippen molar-refractivity contribution in [2.75, 3.05) is 13.1 Å². The standard InChI is InChI=1S/C10H17NO/c1-4-7-8-9-10(12)11(5-2)6-3/h4,7-9H,5-6H2,1-3H3. The molecule has 0 spiro atoms. The Hall–Kier alpha value is -1.05. The quantitative estimate of drug-likeness (QED) is 0.463. The molecule has 2 heteroatoms. The Balaban J connectivity index is 4.00. The van der Waals surface area contributed by atoms with Gasteiger partial charge in [0.15, 0.2) is 0 Å². The van der Waals surface area contributed by atoms with Gasteiger partial charge in [0.1, 0.15) is 0 Å². The summed E-state index contributed by atoms with van der Waals surface area (Å²) in [4.78, 5) is 13.1. The monoisotopic (exact) mass is 167 g/mol. The van der Waals surface area contributed by atoms with Crippen LogP contribution in [0, 0.1) is 0 Å². The first-order valence-electron chi connectivity index (χ1n) is 4.34. The molecule has 0 aromatic heterocycles. The molecule has 0 rings (SSSR count). The average molecular weight is 167 g/mol. The first kappa shape index (κ1) is 11.0. The smallest absolute Gasteiger partial charge is 0.246 e. The number of allylic oxidation sites excluding steroid dienone is 3. The van der Waals surface area contributed by atoms with E-state index < -0.39 is 0 Å². The van der Waals surface area contributed by atoms with Gasteiger partial charge in [-0.05, 0) is 20.8 Å². The highest BCUT2D eigenvalue weighted by atomic mass is 16.2. The zero-order valence-electron chi connectivity index (χ0n) is 8.08. The molecule has 0 saturated carbocycles. The maximum Gasteiger partial charge on any atom is 0.246 e. The fourth-order valence-electron chi connectivity index (χ4n) is 0.890. The van der Waals surface area contributed by atoms with Crippen LogP contribution in [0.4, 0.5) is 0 Å². The van der Waals surface area contributed by atoms with Crippen molar-refractivity contribution in [3.05, 3.63) is 24.3 Å². The summed E-state index contributed by atoms with van der Waals surface area (Å²) in [6.07, 6.45) is 7.10. The first-order chi connectivity index (χ1) is 5.76. The Labute approximate surface area is 74.6 Å². The van der Waals surface area contributed by atoms with Gasteiger partial charge in [-0.25, -0.2) is 0 Å². The van der Waals surface area contributed by atoms with Crippen LogP contribution in [-0.4, -0.2) is 23.9 Å². The largest absolute Gasteiger partial charge is 0.340 e. The van der Waals surface area contributed by atoms with E-state index in [0.29, 0.717) is 0 Å². The SMILES string of the molecule is CC=CC=CC(=O)N(CC)CC. The summed E-state index contributed by atoms with van der Waals surface area (Å²) in [7, 11) is 0. The van der Waals surface area contributed by atoms with Crippen molar-refractivity contribution in [2.24, 2.45) is 0 Å². The summed E-state index contributed by atoms with van der Waals surface area (Å²) in [6, 6.07) is 0. The molecule has 0 atom stereocenters. The molecular weight excluding hydrogens is 150 g/mol. The third kappa shape index (κ3) is 3.96. The van der Waals surface area contributed by atoms with E-state index in [9.17, 15) is 4.79 Å². The summed E-state index contributed by atoms with van der Waals surface area (Å²) >= 11 is 0. The number of rotatable bonds is 4. The van der Waals surface area contributed by atoms with E-state index in [1.54, 1.807) is 17.1 Å². The fourth-order valence-corrected chi connectivity index (χ4v) is 0.890. The van der Waals surface area contributed by atoms with Crippen LogP contribution in [0.25, 0.3) is 0 Å². The Bertz CT molecular complexity index is 178. The van der Waals surface area contributed by atoms with Gasteiger partial charge in [-0.3, -0.25) is 4.79 Å². The van der Waals surface area contributed by atoms with Crippen molar-refractivity contribution < 1.29 is 4.79 Å². The van der Waals surface area contributed by atoms with E-state index >= 15 is 0 Å². The number of nitrogens with zero attached hydrogens (tertiary/aromatic N) is 1. The Kier molecular flexibility index (Phi) is 6.07. The number of carbonyl (C=O) groups is 1. The predicted molar refractivity (Wildman–Crippen MR) is 51.9 cm³/mol. The van der Waals surface area contributed by atoms with Crippen molar-refractivity contribution in [2.45, 2.75) is 20.8 Å². The molecule has 2 nitrogen and oxygen atoms in total. The molecule has 0 aliphatic heterocycles. The zero-order valence-corrected chi connectivity index (χ0v) is 8.08. The van der Waals surface area contributed by atoms with E-state index in [-0.39, 0.29) is 5.91 Å². The molecular formula is C10H17NO. The Morgan fingerprint density at radius 1 is 1.25 bits per heavy atom. The van der Waals surface area contributed by atoms with Crippen molar-refractivity contribution >= 4 is 5.91 Å². The van der Waals surface area contributed by atoms with Gasteiger partial charge in [-0.2, -0.15) is 0 Å². The van der Waals surface area contributed by atoms with E-state index in [1.165, 1.54) is 0 Å². The third-order valence-electron chi connectivity index (χ3n) is 1.62. The molecule has 0 bridgehead atoms. The van der Waals surface area contributed by atoms with Gasteiger partial charge >= 0.3 is 0 Å². The second-order valence-electron chi connectivity index (χ2n) is 2.40. The summed E-state index contributed by atoms with van der Waals surface area (Å²) in [5.74, 6) is 0.0816. The molecule has 0 saturated heterocycles. The van der Waals surface area contributed by atoms with Gasteiger partial charge in [0.05, 0.1) is 0 Å². The lowest BCUT2D eigenvalue weighted by Crippen LogP contribution is -2.28. The molecule has 0 N–H and O–H groups in total. The fraction of sp³-hybridized carbons (Fsp3) is 0.500. The second-order valence-corrected chi connectivity index (χ2v) is 2.40. The second kappa shape index (κ2) is 6.65. The highest BCUT2D eigenvalue weighted by Crippen LogP contribution is 1.90. The summed E-state index contributed by atoms with van der Waals surface area (Å²) < 4.78 is 0. The molecule has 0 heterocycles. The van der Waals surface area contributed by atoms with E-state index in [0.717, 1.165) is 13.1 Å². The molecule has 0 aliphatic rings. The molecule has 1 amide bonds. The van der Waals surface area contributed by atoms with Crippen LogP contribution in [0.1, 0.15) is 20.8 Å². The molecule has 68 valence electrons. The van der Waals surface area contributed by atoms with Gasteiger partial charge in [0.2, 0.25) is 5.91 Å². The van der Waals surface area contributed by atoms with Gasteiger partial charge in [0, 0.05) is 19.2 Å². The number of hydrogen-bond donors (Lipinski definition) is 0. The minimum Gasteiger partial charge on any atom is -0.340 e. The molecule has 0 unspecified atom stereocenters. The Morgan fingerprint density at radius 2 is 1.83 bits per heavy atom. The van der Waals surface area contributed by atoms with Crippen LogP contribution in [-0.2, 0) is 4.79 Å².